The smallest absolute Gasteiger partial charge is 0.262 e. The fraction of sp³-hybridized carbons (Fsp3) is 0.200. The lowest BCUT2D eigenvalue weighted by Gasteiger charge is -2.04. The molecule has 7 heteroatoms. The van der Waals surface area contributed by atoms with E-state index in [4.69, 9.17) is 16.1 Å². The highest BCUT2D eigenvalue weighted by molar-refractivity contribution is 6.32. The molecule has 0 aliphatic rings. The summed E-state index contributed by atoms with van der Waals surface area (Å²) in [6.07, 6.45) is 2.88. The Morgan fingerprint density at radius 1 is 1.35 bits per heavy atom. The fourth-order valence-corrected chi connectivity index (χ4v) is 1.53. The molecule has 6 nitrogen and oxygen atoms in total. The van der Waals surface area contributed by atoms with Gasteiger partial charge in [-0.15, -0.1) is 0 Å². The Labute approximate surface area is 102 Å². The lowest BCUT2D eigenvalue weighted by molar-refractivity contribution is 0.102. The van der Waals surface area contributed by atoms with E-state index in [0.29, 0.717) is 17.0 Å². The van der Waals surface area contributed by atoms with Gasteiger partial charge in [0.25, 0.3) is 5.91 Å². The molecule has 88 valence electrons. The van der Waals surface area contributed by atoms with Crippen LogP contribution in [0.4, 0.5) is 5.82 Å². The van der Waals surface area contributed by atoms with Crippen LogP contribution in [0.25, 0.3) is 0 Å². The van der Waals surface area contributed by atoms with E-state index in [-0.39, 0.29) is 16.9 Å². The van der Waals surface area contributed by atoms with Crippen molar-refractivity contribution < 1.29 is 9.32 Å². The lowest BCUT2D eigenvalue weighted by Crippen LogP contribution is -2.15. The first-order chi connectivity index (χ1) is 8.09. The van der Waals surface area contributed by atoms with E-state index in [1.165, 1.54) is 12.4 Å². The molecule has 0 aliphatic carbocycles. The van der Waals surface area contributed by atoms with E-state index in [0.717, 1.165) is 0 Å². The molecule has 2 heterocycles. The van der Waals surface area contributed by atoms with E-state index in [9.17, 15) is 4.79 Å². The molecule has 0 aromatic carbocycles. The van der Waals surface area contributed by atoms with Gasteiger partial charge in [0.1, 0.15) is 11.3 Å². The highest BCUT2D eigenvalue weighted by Crippen LogP contribution is 2.18. The van der Waals surface area contributed by atoms with Gasteiger partial charge in [-0.1, -0.05) is 16.8 Å². The number of amides is 1. The second-order valence-electron chi connectivity index (χ2n) is 3.35. The van der Waals surface area contributed by atoms with E-state index < -0.39 is 0 Å². The Morgan fingerprint density at radius 2 is 2.06 bits per heavy atom. The highest BCUT2D eigenvalue weighted by Gasteiger charge is 2.18. The first-order valence-corrected chi connectivity index (χ1v) is 5.18. The van der Waals surface area contributed by atoms with Gasteiger partial charge >= 0.3 is 0 Å². The van der Waals surface area contributed by atoms with E-state index in [1.54, 1.807) is 13.8 Å². The minimum atomic E-state index is -0.372. The van der Waals surface area contributed by atoms with Gasteiger partial charge in [0.2, 0.25) is 0 Å². The van der Waals surface area contributed by atoms with Crippen LogP contribution in [0, 0.1) is 13.8 Å². The normalized spacial score (nSPS) is 10.3. The van der Waals surface area contributed by atoms with Crippen LogP contribution in [-0.2, 0) is 0 Å². The second kappa shape index (κ2) is 4.50. The quantitative estimate of drug-likeness (QED) is 0.884. The fourth-order valence-electron chi connectivity index (χ4n) is 1.38. The van der Waals surface area contributed by atoms with Gasteiger partial charge in [-0.05, 0) is 13.8 Å². The van der Waals surface area contributed by atoms with Crippen LogP contribution in [0.1, 0.15) is 21.8 Å². The summed E-state index contributed by atoms with van der Waals surface area (Å²) in [7, 11) is 0. The van der Waals surface area contributed by atoms with Crippen LogP contribution in [0.5, 0.6) is 0 Å². The Morgan fingerprint density at radius 3 is 2.65 bits per heavy atom. The van der Waals surface area contributed by atoms with Crippen molar-refractivity contribution in [1.29, 1.82) is 0 Å². The Kier molecular flexibility index (Phi) is 3.06. The molecule has 0 aliphatic heterocycles. The molecule has 0 saturated carbocycles. The average molecular weight is 253 g/mol. The number of carbonyl (C=O) groups is 1. The summed E-state index contributed by atoms with van der Waals surface area (Å²) in [4.78, 5) is 19.6. The number of hydrogen-bond acceptors (Lipinski definition) is 5. The number of hydrogen-bond donors (Lipinski definition) is 1. The minimum absolute atomic E-state index is 0.132. The molecule has 1 N–H and O–H groups in total. The predicted molar refractivity (Wildman–Crippen MR) is 61.0 cm³/mol. The molecular weight excluding hydrogens is 244 g/mol. The van der Waals surface area contributed by atoms with Crippen molar-refractivity contribution in [2.75, 3.05) is 5.32 Å². The molecule has 2 rings (SSSR count). The van der Waals surface area contributed by atoms with E-state index >= 15 is 0 Å². The van der Waals surface area contributed by atoms with E-state index in [2.05, 4.69) is 20.4 Å². The molecule has 2 aromatic rings. The van der Waals surface area contributed by atoms with Crippen LogP contribution in [0.15, 0.2) is 16.9 Å². The summed E-state index contributed by atoms with van der Waals surface area (Å²) in [5.41, 5.74) is 0.895. The van der Waals surface area contributed by atoms with Gasteiger partial charge < -0.3 is 9.84 Å². The van der Waals surface area contributed by atoms with Crippen LogP contribution in [0.3, 0.4) is 0 Å². The van der Waals surface area contributed by atoms with Crippen LogP contribution in [0.2, 0.25) is 5.15 Å². The second-order valence-corrected chi connectivity index (χ2v) is 3.71. The molecule has 0 unspecified atom stereocenters. The summed E-state index contributed by atoms with van der Waals surface area (Å²) in [5, 5.41) is 6.38. The molecule has 0 bridgehead atoms. The Hall–Kier alpha value is -1.95. The van der Waals surface area contributed by atoms with Crippen molar-refractivity contribution in [3.63, 3.8) is 0 Å². The summed E-state index contributed by atoms with van der Waals surface area (Å²) >= 11 is 5.78. The van der Waals surface area contributed by atoms with Gasteiger partial charge in [-0.25, -0.2) is 9.97 Å². The number of aromatic nitrogens is 3. The SMILES string of the molecule is Cc1noc(C)c1C(=O)Nc1nccnc1Cl. The minimum Gasteiger partial charge on any atom is -0.361 e. The zero-order chi connectivity index (χ0) is 12.4. The number of nitrogens with zero attached hydrogens (tertiary/aromatic N) is 3. The molecule has 0 fully saturated rings. The average Bonchev–Trinajstić information content (AvgIpc) is 2.62. The van der Waals surface area contributed by atoms with Gasteiger partial charge in [0, 0.05) is 12.4 Å². The summed E-state index contributed by atoms with van der Waals surface area (Å²) in [6, 6.07) is 0. The number of rotatable bonds is 2. The van der Waals surface area contributed by atoms with Crippen molar-refractivity contribution in [2.24, 2.45) is 0 Å². The van der Waals surface area contributed by atoms with E-state index in [1.807, 2.05) is 0 Å². The van der Waals surface area contributed by atoms with Crippen LogP contribution >= 0.6 is 11.6 Å². The maximum absolute atomic E-state index is 11.9. The molecule has 0 spiro atoms. The largest absolute Gasteiger partial charge is 0.361 e. The summed E-state index contributed by atoms with van der Waals surface area (Å²) in [6.45, 7) is 3.34. The van der Waals surface area contributed by atoms with Crippen molar-refractivity contribution in [1.82, 2.24) is 15.1 Å². The van der Waals surface area contributed by atoms with Gasteiger partial charge in [-0.2, -0.15) is 0 Å². The summed E-state index contributed by atoms with van der Waals surface area (Å²) in [5.74, 6) is 0.280. The third kappa shape index (κ3) is 2.26. The standard InChI is InChI=1S/C10H9ClN4O2/c1-5-7(6(2)17-15-5)10(16)14-9-8(11)12-3-4-13-9/h3-4H,1-2H3,(H,13,14,16). The van der Waals surface area contributed by atoms with Gasteiger partial charge in [0.05, 0.1) is 5.69 Å². The molecule has 2 aromatic heterocycles. The Balaban J connectivity index is 2.27. The van der Waals surface area contributed by atoms with Crippen LogP contribution in [-0.4, -0.2) is 21.0 Å². The molecular formula is C10H9ClN4O2. The molecule has 1 amide bonds. The third-order valence-electron chi connectivity index (χ3n) is 2.15. The van der Waals surface area contributed by atoms with Crippen LogP contribution < -0.4 is 5.32 Å². The van der Waals surface area contributed by atoms with Crippen molar-refractivity contribution in [2.45, 2.75) is 13.8 Å². The highest BCUT2D eigenvalue weighted by atomic mass is 35.5. The topological polar surface area (TPSA) is 80.9 Å². The maximum atomic E-state index is 11.9. The number of anilines is 1. The lowest BCUT2D eigenvalue weighted by atomic mass is 10.2. The number of carbonyl (C=O) groups excluding carboxylic acids is 1. The monoisotopic (exact) mass is 252 g/mol. The molecule has 0 atom stereocenters. The number of aryl methyl sites for hydroxylation is 2. The van der Waals surface area contributed by atoms with Crippen molar-refractivity contribution >= 4 is 23.3 Å². The van der Waals surface area contributed by atoms with Crippen molar-refractivity contribution in [3.05, 3.63) is 34.6 Å². The first kappa shape index (κ1) is 11.5. The molecule has 17 heavy (non-hydrogen) atoms. The van der Waals surface area contributed by atoms with Gasteiger partial charge in [0.15, 0.2) is 11.0 Å². The molecule has 0 radical (unpaired) electrons. The molecule has 0 saturated heterocycles. The summed E-state index contributed by atoms with van der Waals surface area (Å²) < 4.78 is 4.90. The third-order valence-corrected chi connectivity index (χ3v) is 2.42. The maximum Gasteiger partial charge on any atom is 0.262 e. The number of nitrogens with one attached hydrogen (secondary N) is 1. The van der Waals surface area contributed by atoms with Gasteiger partial charge in [-0.3, -0.25) is 4.79 Å². The Bertz CT molecular complexity index is 548. The zero-order valence-corrected chi connectivity index (χ0v) is 9.95. The first-order valence-electron chi connectivity index (χ1n) is 4.80. The zero-order valence-electron chi connectivity index (χ0n) is 9.19. The predicted octanol–water partition coefficient (Wildman–Crippen LogP) is 1.99. The number of halogens is 1. The van der Waals surface area contributed by atoms with Crippen molar-refractivity contribution in [3.8, 4) is 0 Å².